The Morgan fingerprint density at radius 3 is 0.893 bits per heavy atom. The Morgan fingerprint density at radius 1 is 0.232 bits per heavy atom. The second-order valence-corrected chi connectivity index (χ2v) is 14.1. The molecule has 2 nitrogen and oxygen atoms in total. The van der Waals surface area contributed by atoms with Crippen LogP contribution in [0.15, 0.2) is 224 Å². The molecule has 0 atom stereocenters. The molecule has 0 saturated heterocycles. The Hall–Kier alpha value is -7.42. The molecule has 0 fully saturated rings. The number of anilines is 3. The van der Waals surface area contributed by atoms with E-state index in [1.165, 1.54) is 38.9 Å². The van der Waals surface area contributed by atoms with Gasteiger partial charge in [0.1, 0.15) is 11.5 Å². The molecule has 1 heterocycles. The number of hydrogen-bond donors (Lipinski definition) is 0. The number of ether oxygens (including phenoxy) is 1. The predicted molar refractivity (Wildman–Crippen MR) is 234 cm³/mol. The normalized spacial score (nSPS) is 11.4. The Bertz CT molecular complexity index is 2690. The van der Waals surface area contributed by atoms with Crippen LogP contribution in [0.25, 0.3) is 66.8 Å². The minimum absolute atomic E-state index is 0.855. The standard InChI is InChI=1S/C54H37NO/c1-4-12-38(13-5-1)41-20-28-46(29-21-41)55(47-30-22-42(23-31-47)39-14-6-2-7-15-39)48-32-24-43(25-33-48)45-27-35-54-52(37-45)50-19-11-10-18-49(50)51-36-44(26-34-53(51)56-54)40-16-8-3-9-17-40/h1-37H. The van der Waals surface area contributed by atoms with Crippen LogP contribution in [0, 0.1) is 0 Å². The van der Waals surface area contributed by atoms with E-state index in [0.717, 1.165) is 56.4 Å². The van der Waals surface area contributed by atoms with Gasteiger partial charge in [-0.3, -0.25) is 0 Å². The Morgan fingerprint density at radius 2 is 0.518 bits per heavy atom. The molecule has 0 saturated carbocycles. The fourth-order valence-corrected chi connectivity index (χ4v) is 7.84. The predicted octanol–water partition coefficient (Wildman–Crippen LogP) is 15.3. The maximum absolute atomic E-state index is 6.68. The molecule has 9 aromatic rings. The molecule has 10 rings (SSSR count). The highest BCUT2D eigenvalue weighted by atomic mass is 16.5. The molecule has 0 unspecified atom stereocenters. The van der Waals surface area contributed by atoms with E-state index in [1.807, 2.05) is 0 Å². The van der Waals surface area contributed by atoms with E-state index < -0.39 is 0 Å². The van der Waals surface area contributed by atoms with Gasteiger partial charge in [0, 0.05) is 28.2 Å². The largest absolute Gasteiger partial charge is 0.456 e. The zero-order valence-corrected chi connectivity index (χ0v) is 30.7. The fourth-order valence-electron chi connectivity index (χ4n) is 7.84. The molecule has 0 bridgehead atoms. The SMILES string of the molecule is c1ccc(-c2ccc(N(c3ccc(-c4ccccc4)cc3)c3ccc(-c4ccc5c(c4)-c4ccccc4-c4cc(-c6ccccc6)ccc4O5)cc3)cc2)cc1. The molecular weight excluding hydrogens is 679 g/mol. The van der Waals surface area contributed by atoms with Crippen molar-refractivity contribution in [2.45, 2.75) is 0 Å². The number of hydrogen-bond acceptors (Lipinski definition) is 2. The van der Waals surface area contributed by atoms with Crippen LogP contribution < -0.4 is 9.64 Å². The summed E-state index contributed by atoms with van der Waals surface area (Å²) in [7, 11) is 0. The van der Waals surface area contributed by atoms with Gasteiger partial charge in [0.2, 0.25) is 0 Å². The van der Waals surface area contributed by atoms with Gasteiger partial charge in [0.25, 0.3) is 0 Å². The lowest BCUT2D eigenvalue weighted by atomic mass is 9.91. The van der Waals surface area contributed by atoms with Crippen molar-refractivity contribution in [1.29, 1.82) is 0 Å². The average Bonchev–Trinajstić information content (AvgIpc) is 3.42. The van der Waals surface area contributed by atoms with Crippen LogP contribution in [-0.4, -0.2) is 0 Å². The van der Waals surface area contributed by atoms with E-state index in [9.17, 15) is 0 Å². The van der Waals surface area contributed by atoms with E-state index in [2.05, 4.69) is 229 Å². The van der Waals surface area contributed by atoms with Crippen LogP contribution in [0.2, 0.25) is 0 Å². The Labute approximate surface area is 328 Å². The van der Waals surface area contributed by atoms with Crippen molar-refractivity contribution in [3.8, 4) is 78.3 Å². The van der Waals surface area contributed by atoms with Crippen molar-refractivity contribution >= 4 is 17.1 Å². The molecule has 0 amide bonds. The molecule has 0 radical (unpaired) electrons. The van der Waals surface area contributed by atoms with Crippen molar-refractivity contribution in [1.82, 2.24) is 0 Å². The lowest BCUT2D eigenvalue weighted by Crippen LogP contribution is -2.09. The number of rotatable bonds is 7. The zero-order valence-electron chi connectivity index (χ0n) is 30.7. The van der Waals surface area contributed by atoms with Gasteiger partial charge in [-0.2, -0.15) is 0 Å². The topological polar surface area (TPSA) is 12.5 Å². The zero-order chi connectivity index (χ0) is 37.3. The molecule has 0 N–H and O–H groups in total. The number of benzene rings is 9. The van der Waals surface area contributed by atoms with Crippen molar-refractivity contribution in [3.63, 3.8) is 0 Å². The maximum atomic E-state index is 6.68. The van der Waals surface area contributed by atoms with Gasteiger partial charge in [-0.25, -0.2) is 0 Å². The summed E-state index contributed by atoms with van der Waals surface area (Å²) in [6.07, 6.45) is 0. The van der Waals surface area contributed by atoms with E-state index >= 15 is 0 Å². The first-order chi connectivity index (χ1) is 27.7. The van der Waals surface area contributed by atoms with Crippen molar-refractivity contribution in [3.05, 3.63) is 224 Å². The molecule has 1 aliphatic rings. The monoisotopic (exact) mass is 715 g/mol. The van der Waals surface area contributed by atoms with E-state index in [4.69, 9.17) is 4.74 Å². The minimum atomic E-state index is 0.855. The summed E-state index contributed by atoms with van der Waals surface area (Å²) in [4.78, 5) is 2.33. The van der Waals surface area contributed by atoms with E-state index in [1.54, 1.807) is 0 Å². The van der Waals surface area contributed by atoms with Gasteiger partial charge in [-0.05, 0) is 116 Å². The molecule has 1 aliphatic heterocycles. The smallest absolute Gasteiger partial charge is 0.135 e. The Balaban J connectivity index is 1.01. The number of fused-ring (bicyclic) bond motifs is 5. The summed E-state index contributed by atoms with van der Waals surface area (Å²) in [6, 6.07) is 79.9. The lowest BCUT2D eigenvalue weighted by molar-refractivity contribution is 0.488. The quantitative estimate of drug-likeness (QED) is 0.163. The van der Waals surface area contributed by atoms with Crippen LogP contribution in [0.1, 0.15) is 0 Å². The van der Waals surface area contributed by atoms with Crippen molar-refractivity contribution in [2.24, 2.45) is 0 Å². The highest BCUT2D eigenvalue weighted by molar-refractivity contribution is 5.93. The molecule has 0 spiro atoms. The maximum Gasteiger partial charge on any atom is 0.135 e. The highest BCUT2D eigenvalue weighted by Gasteiger charge is 2.22. The third-order valence-electron chi connectivity index (χ3n) is 10.7. The first-order valence-corrected chi connectivity index (χ1v) is 19.1. The van der Waals surface area contributed by atoms with Crippen LogP contribution in [0.4, 0.5) is 17.1 Å². The fraction of sp³-hybridized carbons (Fsp3) is 0. The molecule has 9 aromatic carbocycles. The highest BCUT2D eigenvalue weighted by Crippen LogP contribution is 2.49. The van der Waals surface area contributed by atoms with Gasteiger partial charge < -0.3 is 9.64 Å². The van der Waals surface area contributed by atoms with E-state index in [0.29, 0.717) is 0 Å². The second-order valence-electron chi connectivity index (χ2n) is 14.1. The van der Waals surface area contributed by atoms with Crippen molar-refractivity contribution < 1.29 is 4.74 Å². The second kappa shape index (κ2) is 14.4. The van der Waals surface area contributed by atoms with Gasteiger partial charge in [-0.15, -0.1) is 0 Å². The molecule has 56 heavy (non-hydrogen) atoms. The van der Waals surface area contributed by atoms with Crippen molar-refractivity contribution in [2.75, 3.05) is 4.90 Å². The van der Waals surface area contributed by atoms with Crippen LogP contribution >= 0.6 is 0 Å². The lowest BCUT2D eigenvalue weighted by Gasteiger charge is -2.26. The van der Waals surface area contributed by atoms with Gasteiger partial charge in [-0.1, -0.05) is 164 Å². The summed E-state index contributed by atoms with van der Waals surface area (Å²) in [6.45, 7) is 0. The summed E-state index contributed by atoms with van der Waals surface area (Å²) in [5, 5.41) is 0. The summed E-state index contributed by atoms with van der Waals surface area (Å²) < 4.78 is 6.68. The van der Waals surface area contributed by atoms with Crippen LogP contribution in [0.3, 0.4) is 0 Å². The van der Waals surface area contributed by atoms with Crippen LogP contribution in [0.5, 0.6) is 11.5 Å². The summed E-state index contributed by atoms with van der Waals surface area (Å²) >= 11 is 0. The third kappa shape index (κ3) is 6.34. The summed E-state index contributed by atoms with van der Waals surface area (Å²) in [5.41, 5.74) is 17.2. The van der Waals surface area contributed by atoms with E-state index in [-0.39, 0.29) is 0 Å². The average molecular weight is 716 g/mol. The Kier molecular flexibility index (Phi) is 8.55. The van der Waals surface area contributed by atoms with Gasteiger partial charge in [0.15, 0.2) is 0 Å². The molecular formula is C54H37NO. The summed E-state index contributed by atoms with van der Waals surface area (Å²) in [5.74, 6) is 1.72. The van der Waals surface area contributed by atoms with Gasteiger partial charge in [0.05, 0.1) is 0 Å². The molecule has 2 heteroatoms. The molecule has 264 valence electrons. The molecule has 0 aliphatic carbocycles. The minimum Gasteiger partial charge on any atom is -0.456 e. The third-order valence-corrected chi connectivity index (χ3v) is 10.7. The molecule has 0 aromatic heterocycles. The van der Waals surface area contributed by atoms with Gasteiger partial charge >= 0.3 is 0 Å². The first kappa shape index (κ1) is 33.2. The number of nitrogens with zero attached hydrogens (tertiary/aromatic N) is 1. The first-order valence-electron chi connectivity index (χ1n) is 19.1. The van der Waals surface area contributed by atoms with Crippen LogP contribution in [-0.2, 0) is 0 Å².